The smallest absolute Gasteiger partial charge is 0.406 e. The predicted octanol–water partition coefficient (Wildman–Crippen LogP) is 3.82. The summed E-state index contributed by atoms with van der Waals surface area (Å²) in [5.41, 5.74) is 3.24. The van der Waals surface area contributed by atoms with Crippen LogP contribution in [0.25, 0.3) is 11.3 Å². The lowest BCUT2D eigenvalue weighted by Gasteiger charge is -2.22. The number of amides is 2. The van der Waals surface area contributed by atoms with Gasteiger partial charge in [-0.15, -0.1) is 0 Å². The van der Waals surface area contributed by atoms with Gasteiger partial charge in [-0.25, -0.2) is 4.79 Å². The number of nitrogens with zero attached hydrogens (tertiary/aromatic N) is 2. The molecule has 0 spiro atoms. The molecule has 178 valence electrons. The van der Waals surface area contributed by atoms with Gasteiger partial charge in [0.05, 0.1) is 11.7 Å². The number of hydrogen-bond acceptors (Lipinski definition) is 3. The van der Waals surface area contributed by atoms with E-state index in [-0.39, 0.29) is 12.2 Å². The fourth-order valence-electron chi connectivity index (χ4n) is 4.32. The van der Waals surface area contributed by atoms with Crippen molar-refractivity contribution in [2.45, 2.75) is 38.0 Å². The van der Waals surface area contributed by atoms with Gasteiger partial charge in [-0.05, 0) is 48.1 Å². The van der Waals surface area contributed by atoms with Gasteiger partial charge in [-0.1, -0.05) is 30.3 Å². The molecule has 2 amide bonds. The second-order valence-electron chi connectivity index (χ2n) is 8.18. The van der Waals surface area contributed by atoms with Crippen LogP contribution in [0.5, 0.6) is 0 Å². The van der Waals surface area contributed by atoms with E-state index >= 15 is 0 Å². The number of alkyl halides is 3. The van der Waals surface area contributed by atoms with E-state index in [1.807, 2.05) is 30.3 Å². The molecule has 1 aliphatic rings. The molecular weight excluding hydrogens is 449 g/mol. The van der Waals surface area contributed by atoms with Crippen molar-refractivity contribution in [3.8, 4) is 11.3 Å². The number of fused-ring (bicyclic) bond motifs is 3. The van der Waals surface area contributed by atoms with Crippen molar-refractivity contribution >= 4 is 12.0 Å². The third-order valence-electron chi connectivity index (χ3n) is 5.73. The van der Waals surface area contributed by atoms with Crippen molar-refractivity contribution in [2.24, 2.45) is 0 Å². The Kier molecular flexibility index (Phi) is 6.58. The highest BCUT2D eigenvalue weighted by atomic mass is 19.4. The number of pyridine rings is 1. The van der Waals surface area contributed by atoms with Crippen LogP contribution in [0.4, 0.5) is 18.0 Å². The average molecular weight is 472 g/mol. The number of rotatable bonds is 7. The van der Waals surface area contributed by atoms with Crippen LogP contribution in [-0.2, 0) is 25.8 Å². The molecule has 0 saturated carbocycles. The molecule has 0 fully saturated rings. The minimum atomic E-state index is -4.54. The first-order valence-electron chi connectivity index (χ1n) is 10.8. The lowest BCUT2D eigenvalue weighted by Crippen LogP contribution is -2.45. The first-order chi connectivity index (χ1) is 16.2. The summed E-state index contributed by atoms with van der Waals surface area (Å²) in [5, 5.41) is 14.0. The minimum absolute atomic E-state index is 0.0931. The second kappa shape index (κ2) is 9.58. The largest absolute Gasteiger partial charge is 0.465 e. The molecule has 7 nitrogen and oxygen atoms in total. The summed E-state index contributed by atoms with van der Waals surface area (Å²) in [6, 6.07) is 11.6. The number of aromatic nitrogens is 2. The quantitative estimate of drug-likeness (QED) is 0.487. The fourth-order valence-corrected chi connectivity index (χ4v) is 4.32. The monoisotopic (exact) mass is 472 g/mol. The van der Waals surface area contributed by atoms with Crippen LogP contribution < -0.4 is 10.6 Å². The van der Waals surface area contributed by atoms with Crippen LogP contribution in [-0.4, -0.2) is 45.4 Å². The summed E-state index contributed by atoms with van der Waals surface area (Å²) in [7, 11) is 0. The zero-order valence-electron chi connectivity index (χ0n) is 18.1. The summed E-state index contributed by atoms with van der Waals surface area (Å²) in [6.07, 6.45) is -1.22. The predicted molar refractivity (Wildman–Crippen MR) is 119 cm³/mol. The molecule has 34 heavy (non-hydrogen) atoms. The van der Waals surface area contributed by atoms with Crippen LogP contribution in [0.1, 0.15) is 27.2 Å². The van der Waals surface area contributed by atoms with Crippen molar-refractivity contribution in [1.29, 1.82) is 0 Å². The maximum absolute atomic E-state index is 13.5. The van der Waals surface area contributed by atoms with Gasteiger partial charge in [0.2, 0.25) is 0 Å². The zero-order valence-corrected chi connectivity index (χ0v) is 18.1. The third-order valence-corrected chi connectivity index (χ3v) is 5.73. The van der Waals surface area contributed by atoms with Gasteiger partial charge >= 0.3 is 12.3 Å². The van der Waals surface area contributed by atoms with Crippen molar-refractivity contribution in [3.63, 3.8) is 0 Å². The molecule has 0 bridgehead atoms. The maximum atomic E-state index is 13.5. The van der Waals surface area contributed by atoms with Crippen LogP contribution >= 0.6 is 0 Å². The number of hydrogen-bond donors (Lipinski definition) is 3. The third kappa shape index (κ3) is 5.38. The van der Waals surface area contributed by atoms with Crippen LogP contribution in [0.15, 0.2) is 54.9 Å². The molecule has 1 atom stereocenters. The van der Waals surface area contributed by atoms with Gasteiger partial charge < -0.3 is 20.3 Å². The van der Waals surface area contributed by atoms with Crippen LogP contribution in [0.3, 0.4) is 0 Å². The lowest BCUT2D eigenvalue weighted by atomic mass is 9.92. The number of carbonyl (C=O) groups excluding carboxylic acids is 1. The summed E-state index contributed by atoms with van der Waals surface area (Å²) in [5.74, 6) is -0.692. The molecule has 2 aromatic heterocycles. The van der Waals surface area contributed by atoms with Gasteiger partial charge in [-0.2, -0.15) is 13.2 Å². The van der Waals surface area contributed by atoms with Crippen LogP contribution in [0, 0.1) is 0 Å². The second-order valence-corrected chi connectivity index (χ2v) is 8.18. The van der Waals surface area contributed by atoms with E-state index in [1.165, 1.54) is 12.3 Å². The Balaban J connectivity index is 1.67. The molecule has 0 unspecified atom stereocenters. The van der Waals surface area contributed by atoms with Gasteiger partial charge in [-0.3, -0.25) is 9.78 Å². The van der Waals surface area contributed by atoms with E-state index in [1.54, 1.807) is 12.3 Å². The highest BCUT2D eigenvalue weighted by Crippen LogP contribution is 2.37. The molecule has 0 saturated heterocycles. The Morgan fingerprint density at radius 2 is 1.85 bits per heavy atom. The van der Waals surface area contributed by atoms with Gasteiger partial charge in [0.15, 0.2) is 0 Å². The molecule has 3 aromatic rings. The molecule has 0 aliphatic heterocycles. The molecule has 4 rings (SSSR count). The highest BCUT2D eigenvalue weighted by Gasteiger charge is 2.34. The van der Waals surface area contributed by atoms with Crippen molar-refractivity contribution in [2.75, 3.05) is 6.54 Å². The Hall–Kier alpha value is -3.82. The molecule has 3 N–H and O–H groups in total. The molecule has 0 radical (unpaired) electrons. The lowest BCUT2D eigenvalue weighted by molar-refractivity contribution is -0.140. The number of carboxylic acid groups (broad SMARTS) is 1. The maximum Gasteiger partial charge on any atom is 0.406 e. The summed E-state index contributed by atoms with van der Waals surface area (Å²) in [4.78, 5) is 28.3. The number of benzene rings is 1. The summed E-state index contributed by atoms with van der Waals surface area (Å²) >= 11 is 0. The molecule has 2 heterocycles. The standard InChI is InChI=1S/C24H23F3N4O3/c25-24(26,27)14-31-20(11-16-6-7-17-12-28-9-8-19(17)21(16)31)22(32)30-18(13-29-23(33)34)10-15-4-2-1-3-5-15/h1-5,8-9,11-12,18,29H,6-7,10,13-14H2,(H,30,32)(H,33,34)/t18-/m0/s1. The normalized spacial score (nSPS) is 13.5. The Morgan fingerprint density at radius 1 is 1.12 bits per heavy atom. The van der Waals surface area contributed by atoms with E-state index in [9.17, 15) is 22.8 Å². The fraction of sp³-hybridized carbons (Fsp3) is 0.292. The van der Waals surface area contributed by atoms with E-state index < -0.39 is 30.8 Å². The van der Waals surface area contributed by atoms with E-state index in [0.29, 0.717) is 36.1 Å². The summed E-state index contributed by atoms with van der Waals surface area (Å²) in [6.45, 7) is -1.41. The molecule has 1 aromatic carbocycles. The van der Waals surface area contributed by atoms with E-state index in [4.69, 9.17) is 5.11 Å². The zero-order chi connectivity index (χ0) is 24.3. The molecule has 1 aliphatic carbocycles. The number of aryl methyl sites for hydroxylation is 2. The number of halogens is 3. The van der Waals surface area contributed by atoms with Crippen LogP contribution in [0.2, 0.25) is 0 Å². The van der Waals surface area contributed by atoms with Gasteiger partial charge in [0.1, 0.15) is 12.2 Å². The Morgan fingerprint density at radius 3 is 2.56 bits per heavy atom. The minimum Gasteiger partial charge on any atom is -0.465 e. The van der Waals surface area contributed by atoms with Crippen molar-refractivity contribution < 1.29 is 27.9 Å². The van der Waals surface area contributed by atoms with Gasteiger partial charge in [0, 0.05) is 24.5 Å². The molecular formula is C24H23F3N4O3. The topological polar surface area (TPSA) is 96.3 Å². The SMILES string of the molecule is O=C(O)NC[C@H](Cc1ccccc1)NC(=O)c1cc2c(n1CC(F)(F)F)-c1ccncc1CC2. The van der Waals surface area contributed by atoms with Crippen molar-refractivity contribution in [1.82, 2.24) is 20.2 Å². The Labute approximate surface area is 193 Å². The number of carbonyl (C=O) groups is 2. The van der Waals surface area contributed by atoms with E-state index in [2.05, 4.69) is 15.6 Å². The molecule has 10 heteroatoms. The number of nitrogens with one attached hydrogen (secondary N) is 2. The highest BCUT2D eigenvalue weighted by molar-refractivity contribution is 5.95. The Bertz CT molecular complexity index is 1190. The van der Waals surface area contributed by atoms with E-state index in [0.717, 1.165) is 15.7 Å². The van der Waals surface area contributed by atoms with Crippen molar-refractivity contribution in [3.05, 3.63) is 77.2 Å². The summed E-state index contributed by atoms with van der Waals surface area (Å²) < 4.78 is 41.6. The first-order valence-corrected chi connectivity index (χ1v) is 10.8. The van der Waals surface area contributed by atoms with Gasteiger partial charge in [0.25, 0.3) is 5.91 Å². The average Bonchev–Trinajstić information content (AvgIpc) is 3.15. The first kappa shape index (κ1) is 23.3.